The van der Waals surface area contributed by atoms with Gasteiger partial charge in [0.05, 0.1) is 25.3 Å². The summed E-state index contributed by atoms with van der Waals surface area (Å²) in [6, 6.07) is 11.2. The molecule has 0 aromatic heterocycles. The van der Waals surface area contributed by atoms with Crippen molar-refractivity contribution >= 4 is 17.6 Å². The van der Waals surface area contributed by atoms with E-state index in [4.69, 9.17) is 14.2 Å². The Morgan fingerprint density at radius 1 is 1.07 bits per heavy atom. The number of hydrogen-bond donors (Lipinski definition) is 1. The van der Waals surface area contributed by atoms with Crippen molar-refractivity contribution in [1.29, 1.82) is 0 Å². The molecule has 1 fully saturated rings. The molecule has 0 bridgehead atoms. The largest absolute Gasteiger partial charge is 0.497 e. The van der Waals surface area contributed by atoms with Gasteiger partial charge in [0, 0.05) is 11.6 Å². The van der Waals surface area contributed by atoms with Crippen molar-refractivity contribution in [3.63, 3.8) is 0 Å². The van der Waals surface area contributed by atoms with Gasteiger partial charge >= 0.3 is 5.97 Å². The Morgan fingerprint density at radius 2 is 1.79 bits per heavy atom. The molecule has 0 atom stereocenters. The summed E-state index contributed by atoms with van der Waals surface area (Å²) in [6.07, 6.45) is 2.61. The molecule has 6 nitrogen and oxygen atoms in total. The van der Waals surface area contributed by atoms with E-state index in [1.807, 2.05) is 0 Å². The highest BCUT2D eigenvalue weighted by atomic mass is 19.1. The monoisotopic (exact) mass is 401 g/mol. The molecule has 0 radical (unpaired) electrons. The average Bonchev–Trinajstić information content (AvgIpc) is 3.23. The molecule has 7 heteroatoms. The average molecular weight is 401 g/mol. The molecule has 0 aliphatic heterocycles. The van der Waals surface area contributed by atoms with E-state index in [9.17, 15) is 14.0 Å². The predicted octanol–water partition coefficient (Wildman–Crippen LogP) is 3.84. The smallest absolute Gasteiger partial charge is 0.317 e. The molecule has 1 amide bonds. The van der Waals surface area contributed by atoms with Crippen LogP contribution < -0.4 is 14.8 Å². The lowest BCUT2D eigenvalue weighted by molar-refractivity contribution is -0.153. The molecule has 1 aliphatic rings. The lowest BCUT2D eigenvalue weighted by Crippen LogP contribution is -2.37. The number of carbonyl (C=O) groups is 2. The molecular weight excluding hydrogens is 377 g/mol. The van der Waals surface area contributed by atoms with Gasteiger partial charge in [0.2, 0.25) is 0 Å². The Kier molecular flexibility index (Phi) is 6.36. The maximum atomic E-state index is 14.4. The standard InChI is InChI=1S/C22H24FNO5/c1-27-15-9-10-18(19(13-15)28-2)24-20(25)14-29-21(26)22(11-5-6-12-22)16-7-3-4-8-17(16)23/h3-4,7-10,13H,5-6,11-12,14H2,1-2H3,(H,24,25). The zero-order chi connectivity index (χ0) is 20.9. The molecule has 0 heterocycles. The minimum atomic E-state index is -1.04. The first-order valence-electron chi connectivity index (χ1n) is 9.44. The zero-order valence-electron chi connectivity index (χ0n) is 16.5. The molecule has 1 N–H and O–H groups in total. The number of esters is 1. The first-order chi connectivity index (χ1) is 14.0. The lowest BCUT2D eigenvalue weighted by Gasteiger charge is -2.27. The van der Waals surface area contributed by atoms with Crippen molar-refractivity contribution in [2.45, 2.75) is 31.1 Å². The van der Waals surface area contributed by atoms with E-state index >= 15 is 0 Å². The van der Waals surface area contributed by atoms with Crippen LogP contribution in [0.3, 0.4) is 0 Å². The fourth-order valence-electron chi connectivity index (χ4n) is 3.77. The van der Waals surface area contributed by atoms with Crippen molar-refractivity contribution in [1.82, 2.24) is 0 Å². The molecule has 2 aromatic carbocycles. The first kappa shape index (κ1) is 20.6. The van der Waals surface area contributed by atoms with Crippen molar-refractivity contribution in [3.05, 3.63) is 53.8 Å². The van der Waals surface area contributed by atoms with Crippen molar-refractivity contribution in [3.8, 4) is 11.5 Å². The Labute approximate surface area is 169 Å². The summed E-state index contributed by atoms with van der Waals surface area (Å²) in [5.41, 5.74) is -0.276. The van der Waals surface area contributed by atoms with Crippen molar-refractivity contribution in [2.24, 2.45) is 0 Å². The summed E-state index contributed by atoms with van der Waals surface area (Å²) >= 11 is 0. The number of anilines is 1. The van der Waals surface area contributed by atoms with E-state index in [-0.39, 0.29) is 0 Å². The van der Waals surface area contributed by atoms with Gasteiger partial charge in [-0.1, -0.05) is 31.0 Å². The molecule has 2 aromatic rings. The number of benzene rings is 2. The summed E-state index contributed by atoms with van der Waals surface area (Å²) in [6.45, 7) is -0.468. The molecule has 1 aliphatic carbocycles. The van der Waals surface area contributed by atoms with E-state index in [1.54, 1.807) is 36.4 Å². The van der Waals surface area contributed by atoms with Crippen molar-refractivity contribution in [2.75, 3.05) is 26.1 Å². The number of carbonyl (C=O) groups excluding carboxylic acids is 2. The van der Waals surface area contributed by atoms with E-state index in [1.165, 1.54) is 20.3 Å². The van der Waals surface area contributed by atoms with Crippen LogP contribution >= 0.6 is 0 Å². The summed E-state index contributed by atoms with van der Waals surface area (Å²) in [5, 5.41) is 2.65. The highest BCUT2D eigenvalue weighted by Gasteiger charge is 2.45. The van der Waals surface area contributed by atoms with Crippen molar-refractivity contribution < 1.29 is 28.2 Å². The number of ether oxygens (including phenoxy) is 3. The molecular formula is C22H24FNO5. The second-order valence-electron chi connectivity index (χ2n) is 6.96. The Balaban J connectivity index is 1.68. The fourth-order valence-corrected chi connectivity index (χ4v) is 3.77. The maximum Gasteiger partial charge on any atom is 0.317 e. The van der Waals surface area contributed by atoms with Crippen LogP contribution in [0.2, 0.25) is 0 Å². The van der Waals surface area contributed by atoms with Crippen LogP contribution in [0.5, 0.6) is 11.5 Å². The van der Waals surface area contributed by atoms with Gasteiger partial charge in [-0.05, 0) is 31.0 Å². The van der Waals surface area contributed by atoms with E-state index < -0.39 is 29.7 Å². The van der Waals surface area contributed by atoms with Crippen LogP contribution in [-0.4, -0.2) is 32.7 Å². The van der Waals surface area contributed by atoms with Gasteiger partial charge in [0.25, 0.3) is 5.91 Å². The van der Waals surface area contributed by atoms with Gasteiger partial charge in [-0.15, -0.1) is 0 Å². The highest BCUT2D eigenvalue weighted by molar-refractivity contribution is 5.95. The predicted molar refractivity (Wildman–Crippen MR) is 106 cm³/mol. The number of rotatable bonds is 7. The number of nitrogens with one attached hydrogen (secondary N) is 1. The number of methoxy groups -OCH3 is 2. The third-order valence-corrected chi connectivity index (χ3v) is 5.25. The topological polar surface area (TPSA) is 73.9 Å². The molecule has 154 valence electrons. The Bertz CT molecular complexity index is 893. The van der Waals surface area contributed by atoms with Crippen LogP contribution in [0.25, 0.3) is 0 Å². The Morgan fingerprint density at radius 3 is 2.45 bits per heavy atom. The molecule has 0 saturated heterocycles. The van der Waals surface area contributed by atoms with Gasteiger partial charge in [-0.25, -0.2) is 4.39 Å². The molecule has 0 spiro atoms. The summed E-state index contributed by atoms with van der Waals surface area (Å²) in [4.78, 5) is 25.2. The number of amides is 1. The van der Waals surface area contributed by atoms with Gasteiger partial charge < -0.3 is 19.5 Å². The maximum absolute atomic E-state index is 14.4. The zero-order valence-corrected chi connectivity index (χ0v) is 16.5. The van der Waals surface area contributed by atoms with E-state index in [0.717, 1.165) is 12.8 Å². The molecule has 29 heavy (non-hydrogen) atoms. The minimum absolute atomic E-state index is 0.333. The normalized spacial score (nSPS) is 14.9. The quantitative estimate of drug-likeness (QED) is 0.714. The lowest BCUT2D eigenvalue weighted by atomic mass is 9.78. The molecule has 3 rings (SSSR count). The SMILES string of the molecule is COc1ccc(NC(=O)COC(=O)C2(c3ccccc3F)CCCC2)c(OC)c1. The first-order valence-corrected chi connectivity index (χ1v) is 9.44. The third-order valence-electron chi connectivity index (χ3n) is 5.25. The van der Waals surface area contributed by atoms with Crippen LogP contribution in [0.15, 0.2) is 42.5 Å². The van der Waals surface area contributed by atoms with Gasteiger partial charge in [-0.3, -0.25) is 9.59 Å². The van der Waals surface area contributed by atoms with E-state index in [0.29, 0.717) is 35.6 Å². The molecule has 1 saturated carbocycles. The van der Waals surface area contributed by atoms with E-state index in [2.05, 4.69) is 5.32 Å². The fraction of sp³-hybridized carbons (Fsp3) is 0.364. The minimum Gasteiger partial charge on any atom is -0.497 e. The summed E-state index contributed by atoms with van der Waals surface area (Å²) in [5.74, 6) is -0.513. The highest BCUT2D eigenvalue weighted by Crippen LogP contribution is 2.43. The molecule has 0 unspecified atom stereocenters. The van der Waals surface area contributed by atoms with Gasteiger partial charge in [0.15, 0.2) is 6.61 Å². The second-order valence-corrected chi connectivity index (χ2v) is 6.96. The third kappa shape index (κ3) is 4.34. The summed E-state index contributed by atoms with van der Waals surface area (Å²) < 4.78 is 30.0. The van der Waals surface area contributed by atoms with Gasteiger partial charge in [-0.2, -0.15) is 0 Å². The number of halogens is 1. The van der Waals surface area contributed by atoms with Gasteiger partial charge in [0.1, 0.15) is 17.3 Å². The van der Waals surface area contributed by atoms with Crippen LogP contribution in [0.1, 0.15) is 31.2 Å². The van der Waals surface area contributed by atoms with Crippen LogP contribution in [-0.2, 0) is 19.7 Å². The summed E-state index contributed by atoms with van der Waals surface area (Å²) in [7, 11) is 3.00. The van der Waals surface area contributed by atoms with Crippen LogP contribution in [0.4, 0.5) is 10.1 Å². The number of hydrogen-bond acceptors (Lipinski definition) is 5. The van der Waals surface area contributed by atoms with Crippen LogP contribution in [0, 0.1) is 5.82 Å². The second kappa shape index (κ2) is 8.94. The Hall–Kier alpha value is -3.09.